The molecule has 0 aliphatic heterocycles. The maximum atomic E-state index is 12.3. The number of methoxy groups -OCH3 is 1. The number of para-hydroxylation sites is 1. The molecule has 124 valence electrons. The zero-order valence-electron chi connectivity index (χ0n) is 14.3. The molecule has 1 aromatic carbocycles. The third kappa shape index (κ3) is 2.85. The van der Waals surface area contributed by atoms with Crippen molar-refractivity contribution in [2.45, 2.75) is 20.8 Å². The molecule has 2 aromatic heterocycles. The average Bonchev–Trinajstić information content (AvgIpc) is 2.92. The number of aryl methyl sites for hydroxylation is 1. The van der Waals surface area contributed by atoms with Gasteiger partial charge in [-0.1, -0.05) is 32.0 Å². The van der Waals surface area contributed by atoms with Gasteiger partial charge >= 0.3 is 0 Å². The normalized spacial score (nSPS) is 11.0. The molecule has 0 saturated heterocycles. The number of aromatic nitrogens is 2. The van der Waals surface area contributed by atoms with Crippen molar-refractivity contribution in [3.63, 3.8) is 0 Å². The molecule has 0 radical (unpaired) electrons. The van der Waals surface area contributed by atoms with E-state index in [1.165, 1.54) is 0 Å². The Balaban J connectivity index is 2.24. The van der Waals surface area contributed by atoms with Crippen LogP contribution < -0.4 is 10.1 Å². The Hall–Kier alpha value is -2.82. The van der Waals surface area contributed by atoms with Crippen LogP contribution in [0.15, 0.2) is 42.6 Å². The fraction of sp³-hybridized carbons (Fsp3) is 0.263. The van der Waals surface area contributed by atoms with Crippen LogP contribution in [0.5, 0.6) is 5.75 Å². The number of pyridine rings is 1. The second-order valence-corrected chi connectivity index (χ2v) is 6.09. The smallest absolute Gasteiger partial charge is 0.228 e. The van der Waals surface area contributed by atoms with Crippen molar-refractivity contribution >= 4 is 17.4 Å². The summed E-state index contributed by atoms with van der Waals surface area (Å²) in [5.74, 6) is 1.22. The number of hydrogen-bond acceptors (Lipinski definition) is 3. The second-order valence-electron chi connectivity index (χ2n) is 6.09. The molecule has 0 aliphatic carbocycles. The van der Waals surface area contributed by atoms with Crippen molar-refractivity contribution in [1.29, 1.82) is 0 Å². The van der Waals surface area contributed by atoms with Gasteiger partial charge in [0.05, 0.1) is 7.11 Å². The number of fused-ring (bicyclic) bond motifs is 1. The van der Waals surface area contributed by atoms with Gasteiger partial charge in [0.1, 0.15) is 22.9 Å². The van der Waals surface area contributed by atoms with Crippen molar-refractivity contribution in [3.8, 4) is 17.0 Å². The van der Waals surface area contributed by atoms with Crippen molar-refractivity contribution in [1.82, 2.24) is 9.38 Å². The number of nitrogens with zero attached hydrogens (tertiary/aromatic N) is 2. The first-order chi connectivity index (χ1) is 11.5. The highest BCUT2D eigenvalue weighted by Gasteiger charge is 2.20. The molecular formula is C19H21N3O2. The third-order valence-electron chi connectivity index (χ3n) is 3.89. The number of carbonyl (C=O) groups excluding carboxylic acids is 1. The van der Waals surface area contributed by atoms with Gasteiger partial charge in [0.25, 0.3) is 0 Å². The van der Waals surface area contributed by atoms with E-state index in [2.05, 4.69) is 5.32 Å². The SMILES string of the molecule is COc1ccccc1-c1nc2ccc(C)cn2c1NC(=O)C(C)C. The lowest BCUT2D eigenvalue weighted by atomic mass is 10.1. The van der Waals surface area contributed by atoms with Crippen LogP contribution in [0, 0.1) is 12.8 Å². The summed E-state index contributed by atoms with van der Waals surface area (Å²) in [5, 5.41) is 3.02. The van der Waals surface area contributed by atoms with E-state index in [-0.39, 0.29) is 11.8 Å². The number of nitrogens with one attached hydrogen (secondary N) is 1. The predicted octanol–water partition coefficient (Wildman–Crippen LogP) is 3.91. The Morgan fingerprint density at radius 1 is 1.21 bits per heavy atom. The van der Waals surface area contributed by atoms with Gasteiger partial charge in [-0.05, 0) is 30.7 Å². The Kier molecular flexibility index (Phi) is 4.25. The van der Waals surface area contributed by atoms with Crippen molar-refractivity contribution in [2.75, 3.05) is 12.4 Å². The first-order valence-corrected chi connectivity index (χ1v) is 7.94. The number of anilines is 1. The molecule has 3 aromatic rings. The zero-order valence-corrected chi connectivity index (χ0v) is 14.3. The molecular weight excluding hydrogens is 302 g/mol. The molecule has 0 atom stereocenters. The number of benzene rings is 1. The van der Waals surface area contributed by atoms with Crippen molar-refractivity contribution in [3.05, 3.63) is 48.2 Å². The molecule has 3 rings (SSSR count). The van der Waals surface area contributed by atoms with E-state index in [9.17, 15) is 4.79 Å². The number of ether oxygens (including phenoxy) is 1. The standard InChI is InChI=1S/C19H21N3O2/c1-12(2)19(23)21-18-17(14-7-5-6-8-15(14)24-4)20-16-10-9-13(3)11-22(16)18/h5-12H,1-4H3,(H,21,23). The lowest BCUT2D eigenvalue weighted by molar-refractivity contribution is -0.118. The van der Waals surface area contributed by atoms with E-state index in [4.69, 9.17) is 9.72 Å². The number of rotatable bonds is 4. The molecule has 5 nitrogen and oxygen atoms in total. The minimum atomic E-state index is -0.120. The Morgan fingerprint density at radius 3 is 2.67 bits per heavy atom. The summed E-state index contributed by atoms with van der Waals surface area (Å²) in [6, 6.07) is 11.6. The predicted molar refractivity (Wildman–Crippen MR) is 95.4 cm³/mol. The first-order valence-electron chi connectivity index (χ1n) is 7.94. The summed E-state index contributed by atoms with van der Waals surface area (Å²) >= 11 is 0. The van der Waals surface area contributed by atoms with Gasteiger partial charge in [0, 0.05) is 17.7 Å². The Morgan fingerprint density at radius 2 is 1.96 bits per heavy atom. The zero-order chi connectivity index (χ0) is 17.3. The molecule has 24 heavy (non-hydrogen) atoms. The van der Waals surface area contributed by atoms with Gasteiger partial charge in [-0.15, -0.1) is 0 Å². The lowest BCUT2D eigenvalue weighted by Crippen LogP contribution is -2.19. The number of hydrogen-bond donors (Lipinski definition) is 1. The van der Waals surface area contributed by atoms with Crippen LogP contribution in [-0.2, 0) is 4.79 Å². The molecule has 0 spiro atoms. The molecule has 0 fully saturated rings. The van der Waals surface area contributed by atoms with E-state index < -0.39 is 0 Å². The quantitative estimate of drug-likeness (QED) is 0.792. The van der Waals surface area contributed by atoms with E-state index in [0.29, 0.717) is 11.5 Å². The molecule has 0 saturated carbocycles. The van der Waals surface area contributed by atoms with Crippen LogP contribution in [-0.4, -0.2) is 22.4 Å². The van der Waals surface area contributed by atoms with Gasteiger partial charge in [-0.2, -0.15) is 0 Å². The number of carbonyl (C=O) groups is 1. The van der Waals surface area contributed by atoms with Gasteiger partial charge in [-0.25, -0.2) is 4.98 Å². The van der Waals surface area contributed by atoms with Gasteiger partial charge in [0.15, 0.2) is 0 Å². The topological polar surface area (TPSA) is 55.6 Å². The molecule has 2 heterocycles. The van der Waals surface area contributed by atoms with Gasteiger partial charge < -0.3 is 10.1 Å². The molecule has 0 bridgehead atoms. The van der Waals surface area contributed by atoms with Crippen molar-refractivity contribution < 1.29 is 9.53 Å². The summed E-state index contributed by atoms with van der Waals surface area (Å²) in [5.41, 5.74) is 3.42. The Bertz CT molecular complexity index is 897. The highest BCUT2D eigenvalue weighted by Crippen LogP contribution is 2.35. The van der Waals surface area contributed by atoms with E-state index >= 15 is 0 Å². The number of imidazole rings is 1. The van der Waals surface area contributed by atoms with E-state index in [1.54, 1.807) is 7.11 Å². The van der Waals surface area contributed by atoms with Crippen LogP contribution >= 0.6 is 0 Å². The highest BCUT2D eigenvalue weighted by atomic mass is 16.5. The fourth-order valence-electron chi connectivity index (χ4n) is 2.56. The van der Waals surface area contributed by atoms with E-state index in [1.807, 2.05) is 67.8 Å². The molecule has 1 N–H and O–H groups in total. The minimum Gasteiger partial charge on any atom is -0.496 e. The first kappa shape index (κ1) is 16.1. The summed E-state index contributed by atoms with van der Waals surface area (Å²) in [4.78, 5) is 17.0. The van der Waals surface area contributed by atoms with Crippen molar-refractivity contribution in [2.24, 2.45) is 5.92 Å². The average molecular weight is 323 g/mol. The van der Waals surface area contributed by atoms with Gasteiger partial charge in [0.2, 0.25) is 5.91 Å². The second kappa shape index (κ2) is 6.35. The van der Waals surface area contributed by atoms with Crippen LogP contribution in [0.25, 0.3) is 16.9 Å². The van der Waals surface area contributed by atoms with Gasteiger partial charge in [-0.3, -0.25) is 9.20 Å². The van der Waals surface area contributed by atoms with Crippen LogP contribution in [0.1, 0.15) is 19.4 Å². The summed E-state index contributed by atoms with van der Waals surface area (Å²) in [6.07, 6.45) is 1.97. The van der Waals surface area contributed by atoms with Crippen LogP contribution in [0.4, 0.5) is 5.82 Å². The number of amides is 1. The largest absolute Gasteiger partial charge is 0.496 e. The van der Waals surface area contributed by atoms with Crippen LogP contribution in [0.3, 0.4) is 0 Å². The molecule has 5 heteroatoms. The third-order valence-corrected chi connectivity index (χ3v) is 3.89. The minimum absolute atomic E-state index is 0.0468. The highest BCUT2D eigenvalue weighted by molar-refractivity contribution is 5.96. The Labute approximate surface area is 141 Å². The maximum Gasteiger partial charge on any atom is 0.228 e. The summed E-state index contributed by atoms with van der Waals surface area (Å²) < 4.78 is 7.38. The molecule has 0 unspecified atom stereocenters. The molecule has 0 aliphatic rings. The summed E-state index contributed by atoms with van der Waals surface area (Å²) in [6.45, 7) is 5.75. The summed E-state index contributed by atoms with van der Waals surface area (Å²) in [7, 11) is 1.63. The fourth-order valence-corrected chi connectivity index (χ4v) is 2.56. The van der Waals surface area contributed by atoms with Crippen LogP contribution in [0.2, 0.25) is 0 Å². The monoisotopic (exact) mass is 323 g/mol. The molecule has 1 amide bonds. The van der Waals surface area contributed by atoms with E-state index in [0.717, 1.165) is 22.5 Å². The lowest BCUT2D eigenvalue weighted by Gasteiger charge is -2.11. The maximum absolute atomic E-state index is 12.3.